The number of ether oxygens (including phenoxy) is 1. The van der Waals surface area contributed by atoms with Crippen LogP contribution in [0.2, 0.25) is 0 Å². The average molecular weight is 478 g/mol. The minimum atomic E-state index is 0.701. The summed E-state index contributed by atoms with van der Waals surface area (Å²) >= 11 is 1.85. The molecule has 0 unspecified atom stereocenters. The summed E-state index contributed by atoms with van der Waals surface area (Å²) in [5, 5.41) is 1.09. The number of hydrogen-bond acceptors (Lipinski definition) is 8. The van der Waals surface area contributed by atoms with E-state index in [9.17, 15) is 0 Å². The molecule has 2 aliphatic heterocycles. The minimum Gasteiger partial charge on any atom is -0.378 e. The number of thiophene rings is 1. The smallest absolute Gasteiger partial charge is 0.236 e. The molecular weight excluding hydrogens is 446 g/mol. The van der Waals surface area contributed by atoms with Gasteiger partial charge in [-0.05, 0) is 45.1 Å². The molecule has 34 heavy (non-hydrogen) atoms. The number of anilines is 1. The molecule has 8 nitrogen and oxygen atoms in total. The quantitative estimate of drug-likeness (QED) is 0.437. The van der Waals surface area contributed by atoms with Crippen molar-refractivity contribution in [3.63, 3.8) is 0 Å². The van der Waals surface area contributed by atoms with Crippen LogP contribution in [0.15, 0.2) is 36.8 Å². The number of likely N-dealkylation sites (tertiary alicyclic amines) is 1. The summed E-state index contributed by atoms with van der Waals surface area (Å²) in [7, 11) is 4.39. The highest BCUT2D eigenvalue weighted by atomic mass is 32.1. The number of hydrogen-bond donors (Lipinski definition) is 0. The number of aromatic nitrogens is 4. The second-order valence-electron chi connectivity index (χ2n) is 9.46. The molecule has 0 N–H and O–H groups in total. The monoisotopic (exact) mass is 477 g/mol. The van der Waals surface area contributed by atoms with Gasteiger partial charge in [0.15, 0.2) is 5.82 Å². The van der Waals surface area contributed by atoms with Crippen LogP contribution < -0.4 is 4.90 Å². The molecule has 4 aromatic heterocycles. The Morgan fingerprint density at radius 3 is 2.71 bits per heavy atom. The molecule has 6 heterocycles. The number of pyridine rings is 1. The highest BCUT2D eigenvalue weighted by Gasteiger charge is 2.23. The number of nitrogens with zero attached hydrogens (tertiary/aromatic N) is 7. The fourth-order valence-electron chi connectivity index (χ4n) is 5.10. The van der Waals surface area contributed by atoms with Crippen LogP contribution in [0.4, 0.5) is 5.82 Å². The van der Waals surface area contributed by atoms with Gasteiger partial charge in [0.05, 0.1) is 28.9 Å². The molecule has 0 bridgehead atoms. The van der Waals surface area contributed by atoms with E-state index in [1.165, 1.54) is 22.4 Å². The van der Waals surface area contributed by atoms with E-state index in [0.29, 0.717) is 12.0 Å². The Morgan fingerprint density at radius 1 is 1.09 bits per heavy atom. The molecule has 6 rings (SSSR count). The van der Waals surface area contributed by atoms with Crippen LogP contribution in [0.1, 0.15) is 17.7 Å². The molecule has 0 aromatic carbocycles. The van der Waals surface area contributed by atoms with Crippen LogP contribution in [-0.4, -0.2) is 88.8 Å². The van der Waals surface area contributed by atoms with Gasteiger partial charge in [0.1, 0.15) is 0 Å². The van der Waals surface area contributed by atoms with Gasteiger partial charge in [-0.3, -0.25) is 14.5 Å². The van der Waals surface area contributed by atoms with Crippen molar-refractivity contribution in [2.75, 3.05) is 58.4 Å². The molecule has 2 saturated heterocycles. The Morgan fingerprint density at radius 2 is 1.91 bits per heavy atom. The van der Waals surface area contributed by atoms with Gasteiger partial charge in [0, 0.05) is 67.6 Å². The largest absolute Gasteiger partial charge is 0.378 e. The summed E-state index contributed by atoms with van der Waals surface area (Å²) < 4.78 is 8.88. The van der Waals surface area contributed by atoms with Gasteiger partial charge < -0.3 is 14.5 Å². The summed E-state index contributed by atoms with van der Waals surface area (Å²) in [4.78, 5) is 23.0. The maximum Gasteiger partial charge on any atom is 0.236 e. The van der Waals surface area contributed by atoms with Gasteiger partial charge in [-0.25, -0.2) is 4.98 Å². The van der Waals surface area contributed by atoms with E-state index in [0.717, 1.165) is 68.2 Å². The molecule has 2 aliphatic rings. The van der Waals surface area contributed by atoms with Crippen LogP contribution in [0.3, 0.4) is 0 Å². The van der Waals surface area contributed by atoms with Crippen molar-refractivity contribution < 1.29 is 4.74 Å². The summed E-state index contributed by atoms with van der Waals surface area (Å²) in [5.74, 6) is 1.74. The third-order valence-corrected chi connectivity index (χ3v) is 8.18. The lowest BCUT2D eigenvalue weighted by Crippen LogP contribution is -2.41. The minimum absolute atomic E-state index is 0.701. The molecule has 2 fully saturated rings. The Hall–Kier alpha value is -2.59. The highest BCUT2D eigenvalue weighted by molar-refractivity contribution is 7.19. The topological polar surface area (TPSA) is 62.5 Å². The predicted octanol–water partition coefficient (Wildman–Crippen LogP) is 3.39. The van der Waals surface area contributed by atoms with Crippen molar-refractivity contribution in [1.82, 2.24) is 29.3 Å². The Labute approximate surface area is 203 Å². The number of rotatable bonds is 5. The first-order valence-corrected chi connectivity index (χ1v) is 12.9. The second kappa shape index (κ2) is 9.22. The Bertz CT molecular complexity index is 1290. The van der Waals surface area contributed by atoms with Crippen molar-refractivity contribution >= 4 is 38.3 Å². The number of fused-ring (bicyclic) bond motifs is 2. The maximum atomic E-state index is 5.62. The van der Waals surface area contributed by atoms with E-state index in [4.69, 9.17) is 14.7 Å². The van der Waals surface area contributed by atoms with Gasteiger partial charge in [0.2, 0.25) is 5.95 Å². The Kier molecular flexibility index (Phi) is 5.94. The maximum absolute atomic E-state index is 5.62. The predicted molar refractivity (Wildman–Crippen MR) is 137 cm³/mol. The van der Waals surface area contributed by atoms with E-state index in [-0.39, 0.29) is 0 Å². The SMILES string of the molecule is CN(C)C1CCN(Cc2cc3nc(-n4ccc5cnccc54)nc(N4CCOCC4)c3s2)CC1. The molecule has 0 spiro atoms. The lowest BCUT2D eigenvalue weighted by atomic mass is 10.0. The first-order chi connectivity index (χ1) is 16.7. The molecule has 4 aromatic rings. The van der Waals surface area contributed by atoms with Crippen molar-refractivity contribution in [1.29, 1.82) is 0 Å². The molecule has 0 saturated carbocycles. The normalized spacial score (nSPS) is 18.5. The molecule has 0 amide bonds. The van der Waals surface area contributed by atoms with Crippen molar-refractivity contribution in [3.8, 4) is 5.95 Å². The van der Waals surface area contributed by atoms with E-state index in [1.54, 1.807) is 0 Å². The standard InChI is InChI=1S/C25H31N7OS/c1-29(2)19-5-8-30(9-6-19)17-20-15-21-23(34-20)24(31-11-13-33-14-12-31)28-25(27-21)32-10-4-18-16-26-7-3-22(18)32/h3-4,7,10,15-16,19H,5-6,8-9,11-14,17H2,1-2H3. The first-order valence-electron chi connectivity index (χ1n) is 12.1. The van der Waals surface area contributed by atoms with Crippen LogP contribution in [0, 0.1) is 0 Å². The molecular formula is C25H31N7OS. The van der Waals surface area contributed by atoms with E-state index >= 15 is 0 Å². The van der Waals surface area contributed by atoms with Gasteiger partial charge in [0.25, 0.3) is 0 Å². The summed E-state index contributed by atoms with van der Waals surface area (Å²) in [6, 6.07) is 7.07. The second-order valence-corrected chi connectivity index (χ2v) is 10.6. The Balaban J connectivity index is 1.36. The van der Waals surface area contributed by atoms with Crippen LogP contribution in [0.5, 0.6) is 0 Å². The van der Waals surface area contributed by atoms with Gasteiger partial charge in [-0.1, -0.05) is 0 Å². The van der Waals surface area contributed by atoms with Crippen LogP contribution in [0.25, 0.3) is 27.1 Å². The summed E-state index contributed by atoms with van der Waals surface area (Å²) in [6.45, 7) is 6.45. The lowest BCUT2D eigenvalue weighted by molar-refractivity contribution is 0.122. The fourth-order valence-corrected chi connectivity index (χ4v) is 6.25. The van der Waals surface area contributed by atoms with Crippen molar-refractivity contribution in [2.45, 2.75) is 25.4 Å². The zero-order valence-electron chi connectivity index (χ0n) is 19.9. The first kappa shape index (κ1) is 21.9. The van der Waals surface area contributed by atoms with Gasteiger partial charge in [-0.15, -0.1) is 11.3 Å². The zero-order valence-corrected chi connectivity index (χ0v) is 20.7. The average Bonchev–Trinajstić information content (AvgIpc) is 3.48. The zero-order chi connectivity index (χ0) is 23.1. The van der Waals surface area contributed by atoms with Crippen molar-refractivity contribution in [3.05, 3.63) is 41.7 Å². The van der Waals surface area contributed by atoms with E-state index in [2.05, 4.69) is 50.5 Å². The summed E-state index contributed by atoms with van der Waals surface area (Å²) in [6.07, 6.45) is 8.21. The van der Waals surface area contributed by atoms with Crippen LogP contribution >= 0.6 is 11.3 Å². The molecule has 0 aliphatic carbocycles. The van der Waals surface area contributed by atoms with Crippen LogP contribution in [-0.2, 0) is 11.3 Å². The molecule has 0 atom stereocenters. The number of piperidine rings is 1. The van der Waals surface area contributed by atoms with Crippen molar-refractivity contribution in [2.24, 2.45) is 0 Å². The lowest BCUT2D eigenvalue weighted by Gasteiger charge is -2.34. The van der Waals surface area contributed by atoms with E-state index in [1.807, 2.05) is 36.0 Å². The third-order valence-electron chi connectivity index (χ3n) is 7.08. The fraction of sp³-hybridized carbons (Fsp3) is 0.480. The van der Waals surface area contributed by atoms with Gasteiger partial charge in [-0.2, -0.15) is 4.98 Å². The highest BCUT2D eigenvalue weighted by Crippen LogP contribution is 2.34. The third kappa shape index (κ3) is 4.17. The summed E-state index contributed by atoms with van der Waals surface area (Å²) in [5.41, 5.74) is 2.10. The molecule has 9 heteroatoms. The molecule has 0 radical (unpaired) electrons. The molecule has 178 valence electrons. The number of morpholine rings is 1. The van der Waals surface area contributed by atoms with E-state index < -0.39 is 0 Å². The van der Waals surface area contributed by atoms with Gasteiger partial charge >= 0.3 is 0 Å².